The molecule has 264 valence electrons. The summed E-state index contributed by atoms with van der Waals surface area (Å²) < 4.78 is 50.6. The third kappa shape index (κ3) is 7.20. The van der Waals surface area contributed by atoms with Gasteiger partial charge in [0.05, 0.1) is 28.4 Å². The Bertz CT molecular complexity index is 2040. The van der Waals surface area contributed by atoms with Crippen molar-refractivity contribution in [2.45, 2.75) is 76.5 Å². The lowest BCUT2D eigenvalue weighted by molar-refractivity contribution is -0.117. The summed E-state index contributed by atoms with van der Waals surface area (Å²) in [4.78, 5) is 33.0. The molecule has 3 fully saturated rings. The van der Waals surface area contributed by atoms with Gasteiger partial charge in [0.15, 0.2) is 0 Å². The first-order chi connectivity index (χ1) is 24.0. The van der Waals surface area contributed by atoms with Crippen molar-refractivity contribution in [2.75, 3.05) is 35.7 Å². The van der Waals surface area contributed by atoms with Gasteiger partial charge in [-0.2, -0.15) is 0 Å². The summed E-state index contributed by atoms with van der Waals surface area (Å²) in [5.74, 6) is -0.650. The van der Waals surface area contributed by atoms with Crippen molar-refractivity contribution in [3.05, 3.63) is 71.5 Å². The van der Waals surface area contributed by atoms with Gasteiger partial charge >= 0.3 is 5.97 Å². The Morgan fingerprint density at radius 3 is 2.44 bits per heavy atom. The molecule has 2 aliphatic heterocycles. The van der Waals surface area contributed by atoms with Crippen LogP contribution in [0.4, 0.5) is 15.8 Å². The minimum atomic E-state index is -3.30. The number of rotatable bonds is 10. The zero-order valence-electron chi connectivity index (χ0n) is 28.1. The van der Waals surface area contributed by atoms with Crippen molar-refractivity contribution in [1.29, 1.82) is 0 Å². The number of imidazole rings is 1. The zero-order valence-corrected chi connectivity index (χ0v) is 28.9. The number of amides is 1. The second-order valence-electron chi connectivity index (χ2n) is 13.6. The molecule has 1 saturated carbocycles. The number of anilines is 2. The predicted octanol–water partition coefficient (Wildman–Crippen LogP) is 6.27. The second-order valence-corrected chi connectivity index (χ2v) is 15.4. The first kappa shape index (κ1) is 34.0. The molecule has 0 radical (unpaired) electrons. The fourth-order valence-electron chi connectivity index (χ4n) is 7.68. The van der Waals surface area contributed by atoms with E-state index in [1.54, 1.807) is 35.2 Å². The maximum Gasteiger partial charge on any atom is 0.335 e. The summed E-state index contributed by atoms with van der Waals surface area (Å²) >= 11 is 0. The lowest BCUT2D eigenvalue weighted by Gasteiger charge is -2.35. The van der Waals surface area contributed by atoms with Crippen LogP contribution in [-0.2, 0) is 21.4 Å². The minimum Gasteiger partial charge on any atom is -0.489 e. The predicted molar refractivity (Wildman–Crippen MR) is 190 cm³/mol. The molecule has 11 nitrogen and oxygen atoms in total. The molecule has 7 rings (SSSR count). The van der Waals surface area contributed by atoms with E-state index >= 15 is 4.39 Å². The third-order valence-corrected chi connectivity index (χ3v) is 10.9. The number of fused-ring (bicyclic) bond motifs is 1. The van der Waals surface area contributed by atoms with Crippen molar-refractivity contribution in [3.63, 3.8) is 0 Å². The highest BCUT2D eigenvalue weighted by atomic mass is 32.2. The van der Waals surface area contributed by atoms with Crippen molar-refractivity contribution in [1.82, 2.24) is 14.3 Å². The van der Waals surface area contributed by atoms with E-state index in [1.807, 2.05) is 18.2 Å². The van der Waals surface area contributed by atoms with Crippen molar-refractivity contribution < 1.29 is 32.2 Å². The van der Waals surface area contributed by atoms with Crippen LogP contribution in [0, 0.1) is 5.82 Å². The molecule has 0 unspecified atom stereocenters. The molecule has 2 saturated heterocycles. The highest BCUT2D eigenvalue weighted by molar-refractivity contribution is 7.88. The number of aromatic nitrogens is 2. The zero-order chi connectivity index (χ0) is 35.0. The Morgan fingerprint density at radius 2 is 1.76 bits per heavy atom. The van der Waals surface area contributed by atoms with E-state index in [0.717, 1.165) is 61.0 Å². The van der Waals surface area contributed by atoms with Gasteiger partial charge in [-0.05, 0) is 80.6 Å². The third-order valence-electron chi connectivity index (χ3n) is 10.1. The van der Waals surface area contributed by atoms with Crippen LogP contribution in [0.2, 0.25) is 0 Å². The molecule has 0 bridgehead atoms. The Kier molecular flexibility index (Phi) is 9.53. The number of hydrogen-bond donors (Lipinski definition) is 2. The van der Waals surface area contributed by atoms with E-state index in [4.69, 9.17) is 9.72 Å². The quantitative estimate of drug-likeness (QED) is 0.198. The number of ether oxygens (including phenoxy) is 1. The monoisotopic (exact) mass is 703 g/mol. The number of carbonyl (C=O) groups is 2. The maximum absolute atomic E-state index is 16.1. The largest absolute Gasteiger partial charge is 0.489 e. The Morgan fingerprint density at radius 1 is 0.980 bits per heavy atom. The van der Waals surface area contributed by atoms with Crippen LogP contribution in [0.15, 0.2) is 54.6 Å². The van der Waals surface area contributed by atoms with E-state index in [9.17, 15) is 23.1 Å². The molecule has 2 N–H and O–H groups in total. The van der Waals surface area contributed by atoms with Crippen molar-refractivity contribution in [2.24, 2.45) is 0 Å². The molecule has 0 spiro atoms. The molecule has 1 aromatic heterocycles. The highest BCUT2D eigenvalue weighted by Crippen LogP contribution is 2.38. The summed E-state index contributed by atoms with van der Waals surface area (Å²) in [6.07, 6.45) is 8.95. The SMILES string of the molecule is CS(=O)(=O)NC1CCN(c2ccc(N3CCCC3=O)cc2COc2ccc(-c3nc4cc(C(=O)O)ccc4n3C3CCCCC3)c(F)c2)CC1. The normalized spacial score (nSPS) is 17.9. The van der Waals surface area contributed by atoms with E-state index in [0.29, 0.717) is 61.6 Å². The van der Waals surface area contributed by atoms with Gasteiger partial charge in [0.1, 0.15) is 24.0 Å². The lowest BCUT2D eigenvalue weighted by atomic mass is 9.94. The number of carboxylic acids is 1. The molecule has 3 heterocycles. The van der Waals surface area contributed by atoms with Gasteiger partial charge in [-0.3, -0.25) is 4.79 Å². The molecule has 0 atom stereocenters. The smallest absolute Gasteiger partial charge is 0.335 e. The van der Waals surface area contributed by atoms with E-state index in [1.165, 1.54) is 12.3 Å². The molecule has 13 heteroatoms. The summed E-state index contributed by atoms with van der Waals surface area (Å²) in [7, 11) is -3.30. The van der Waals surface area contributed by atoms with Gasteiger partial charge in [0.2, 0.25) is 15.9 Å². The molecule has 4 aromatic rings. The van der Waals surface area contributed by atoms with Crippen LogP contribution < -0.4 is 19.3 Å². The van der Waals surface area contributed by atoms with Gasteiger partial charge in [-0.15, -0.1) is 0 Å². The Labute approximate surface area is 291 Å². The molecule has 3 aromatic carbocycles. The maximum atomic E-state index is 16.1. The van der Waals surface area contributed by atoms with Crippen LogP contribution >= 0.6 is 0 Å². The van der Waals surface area contributed by atoms with Crippen LogP contribution in [0.25, 0.3) is 22.4 Å². The number of piperidine rings is 1. The van der Waals surface area contributed by atoms with E-state index in [2.05, 4.69) is 14.2 Å². The molecule has 1 aliphatic carbocycles. The first-order valence-electron chi connectivity index (χ1n) is 17.4. The van der Waals surface area contributed by atoms with E-state index in [-0.39, 0.29) is 30.2 Å². The number of halogens is 1. The van der Waals surface area contributed by atoms with Crippen LogP contribution in [0.3, 0.4) is 0 Å². The summed E-state index contributed by atoms with van der Waals surface area (Å²) in [5, 5.41) is 9.56. The average molecular weight is 704 g/mol. The number of carboxylic acid groups (broad SMARTS) is 1. The number of nitrogens with one attached hydrogen (secondary N) is 1. The van der Waals surface area contributed by atoms with Gasteiger partial charge in [0, 0.05) is 61.1 Å². The number of benzene rings is 3. The van der Waals surface area contributed by atoms with Gasteiger partial charge in [-0.1, -0.05) is 19.3 Å². The molecule has 1 amide bonds. The second kappa shape index (κ2) is 14.0. The van der Waals surface area contributed by atoms with Crippen molar-refractivity contribution >= 4 is 44.3 Å². The number of aromatic carboxylic acids is 1. The van der Waals surface area contributed by atoms with E-state index < -0.39 is 21.8 Å². The van der Waals surface area contributed by atoms with Gasteiger partial charge in [0.25, 0.3) is 0 Å². The molecular weight excluding hydrogens is 662 g/mol. The number of sulfonamides is 1. The van der Waals surface area contributed by atoms with Gasteiger partial charge < -0.3 is 24.2 Å². The molecule has 3 aliphatic rings. The number of nitrogens with zero attached hydrogens (tertiary/aromatic N) is 4. The number of carbonyl (C=O) groups excluding carboxylic acids is 1. The topological polar surface area (TPSA) is 134 Å². The molecular formula is C37H42FN5O6S. The Balaban J connectivity index is 1.16. The first-order valence-corrected chi connectivity index (χ1v) is 19.3. The standard InChI is InChI=1S/C37H42FN5O6S/c1-50(47,48)40-26-15-18-41(19-16-26)33-14-10-28(42-17-5-8-35(42)44)20-25(33)23-49-29-11-12-30(31(38)22-29)36-39-32-21-24(37(45)46)9-13-34(32)43(36)27-6-3-2-4-7-27/h9-14,20-22,26-27,40H,2-8,15-19,23H2,1H3,(H,45,46). The van der Waals surface area contributed by atoms with Crippen LogP contribution in [0.1, 0.15) is 79.8 Å². The fraction of sp³-hybridized carbons (Fsp3) is 0.432. The number of hydrogen-bond acceptors (Lipinski definition) is 7. The summed E-state index contributed by atoms with van der Waals surface area (Å²) in [6, 6.07) is 15.5. The molecule has 50 heavy (non-hydrogen) atoms. The summed E-state index contributed by atoms with van der Waals surface area (Å²) in [6.45, 7) is 2.06. The van der Waals surface area contributed by atoms with Crippen LogP contribution in [-0.4, -0.2) is 66.9 Å². The van der Waals surface area contributed by atoms with Gasteiger partial charge in [-0.25, -0.2) is 27.3 Å². The average Bonchev–Trinajstić information content (AvgIpc) is 3.70. The fourth-order valence-corrected chi connectivity index (χ4v) is 8.53. The summed E-state index contributed by atoms with van der Waals surface area (Å²) in [5.41, 5.74) is 4.32. The minimum absolute atomic E-state index is 0.0772. The van der Waals surface area contributed by atoms with Crippen LogP contribution in [0.5, 0.6) is 5.75 Å². The van der Waals surface area contributed by atoms with Crippen molar-refractivity contribution in [3.8, 4) is 17.1 Å². The highest BCUT2D eigenvalue weighted by Gasteiger charge is 2.27. The Hall–Kier alpha value is -4.49. The lowest BCUT2D eigenvalue weighted by Crippen LogP contribution is -2.44.